The van der Waals surface area contributed by atoms with Gasteiger partial charge in [0.1, 0.15) is 0 Å². The van der Waals surface area contributed by atoms with Crippen molar-refractivity contribution in [2.75, 3.05) is 18.0 Å². The van der Waals surface area contributed by atoms with Gasteiger partial charge in [0, 0.05) is 30.8 Å². The Kier molecular flexibility index (Phi) is 4.02. The number of Topliss-reactive ketones (excluding diaryl/α,β-unsaturated/α-hetero) is 1. The first-order chi connectivity index (χ1) is 11.8. The Bertz CT molecular complexity index is 870. The molecule has 0 unspecified atom stereocenters. The summed E-state index contributed by atoms with van der Waals surface area (Å²) in [5, 5.41) is 0.916. The summed E-state index contributed by atoms with van der Waals surface area (Å²) >= 11 is 1.68. The SMILES string of the molecule is CCN1CCC(=O)c2cccc(CSc3nc4ccccc4[nH]3)c21. The fourth-order valence-electron chi connectivity index (χ4n) is 3.25. The number of thioether (sulfide) groups is 1. The number of nitrogens with zero attached hydrogens (tertiary/aromatic N) is 2. The van der Waals surface area contributed by atoms with E-state index in [0.717, 1.165) is 46.3 Å². The second-order valence-corrected chi connectivity index (χ2v) is 6.88. The van der Waals surface area contributed by atoms with Gasteiger partial charge in [0.25, 0.3) is 0 Å². The maximum absolute atomic E-state index is 12.2. The van der Waals surface area contributed by atoms with Gasteiger partial charge >= 0.3 is 0 Å². The number of imidazole rings is 1. The van der Waals surface area contributed by atoms with Gasteiger partial charge in [0.05, 0.1) is 16.7 Å². The van der Waals surface area contributed by atoms with Crippen LogP contribution in [0.15, 0.2) is 47.6 Å². The van der Waals surface area contributed by atoms with Crippen molar-refractivity contribution in [3.8, 4) is 0 Å². The van der Waals surface area contributed by atoms with E-state index in [-0.39, 0.29) is 5.78 Å². The van der Waals surface area contributed by atoms with Crippen molar-refractivity contribution in [2.24, 2.45) is 0 Å². The molecular weight excluding hydrogens is 318 g/mol. The quantitative estimate of drug-likeness (QED) is 0.722. The molecule has 1 aromatic heterocycles. The monoisotopic (exact) mass is 337 g/mol. The highest BCUT2D eigenvalue weighted by atomic mass is 32.2. The van der Waals surface area contributed by atoms with Crippen molar-refractivity contribution in [1.82, 2.24) is 9.97 Å². The van der Waals surface area contributed by atoms with Gasteiger partial charge in [-0.2, -0.15) is 0 Å². The van der Waals surface area contributed by atoms with Gasteiger partial charge in [0.15, 0.2) is 10.9 Å². The van der Waals surface area contributed by atoms with E-state index in [1.807, 2.05) is 36.4 Å². The van der Waals surface area contributed by atoms with Crippen LogP contribution in [0, 0.1) is 0 Å². The second kappa shape index (κ2) is 6.32. The molecule has 1 N–H and O–H groups in total. The third kappa shape index (κ3) is 2.69. The molecule has 1 aliphatic rings. The molecule has 0 amide bonds. The number of nitrogens with one attached hydrogen (secondary N) is 1. The second-order valence-electron chi connectivity index (χ2n) is 5.91. The van der Waals surface area contributed by atoms with Crippen LogP contribution in [0.1, 0.15) is 29.3 Å². The van der Waals surface area contributed by atoms with Crippen LogP contribution in [0.3, 0.4) is 0 Å². The van der Waals surface area contributed by atoms with E-state index in [4.69, 9.17) is 0 Å². The van der Waals surface area contributed by atoms with E-state index < -0.39 is 0 Å². The van der Waals surface area contributed by atoms with E-state index >= 15 is 0 Å². The molecule has 0 spiro atoms. The number of H-pyrrole nitrogens is 1. The topological polar surface area (TPSA) is 49.0 Å². The number of fused-ring (bicyclic) bond motifs is 2. The largest absolute Gasteiger partial charge is 0.371 e. The number of carbonyl (C=O) groups excluding carboxylic acids is 1. The smallest absolute Gasteiger partial charge is 0.166 e. The fourth-order valence-corrected chi connectivity index (χ4v) is 4.12. The Morgan fingerprint density at radius 3 is 2.92 bits per heavy atom. The molecule has 0 atom stereocenters. The zero-order valence-corrected chi connectivity index (χ0v) is 14.4. The molecule has 0 bridgehead atoms. The summed E-state index contributed by atoms with van der Waals surface area (Å²) < 4.78 is 0. The maximum atomic E-state index is 12.2. The lowest BCUT2D eigenvalue weighted by molar-refractivity contribution is 0.0980. The molecule has 0 radical (unpaired) electrons. The lowest BCUT2D eigenvalue weighted by atomic mass is 9.97. The first-order valence-electron chi connectivity index (χ1n) is 8.24. The molecular formula is C19H19N3OS. The molecule has 24 heavy (non-hydrogen) atoms. The zero-order chi connectivity index (χ0) is 16.5. The van der Waals surface area contributed by atoms with Crippen LogP contribution in [-0.4, -0.2) is 28.8 Å². The van der Waals surface area contributed by atoms with E-state index in [2.05, 4.69) is 27.9 Å². The summed E-state index contributed by atoms with van der Waals surface area (Å²) in [7, 11) is 0. The average molecular weight is 337 g/mol. The first-order valence-corrected chi connectivity index (χ1v) is 9.22. The molecule has 4 nitrogen and oxygen atoms in total. The van der Waals surface area contributed by atoms with Crippen LogP contribution in [0.4, 0.5) is 5.69 Å². The molecule has 0 saturated heterocycles. The van der Waals surface area contributed by atoms with Gasteiger partial charge < -0.3 is 9.88 Å². The lowest BCUT2D eigenvalue weighted by Gasteiger charge is -2.31. The Balaban J connectivity index is 1.63. The van der Waals surface area contributed by atoms with Crippen molar-refractivity contribution < 1.29 is 4.79 Å². The minimum atomic E-state index is 0.255. The minimum Gasteiger partial charge on any atom is -0.371 e. The van der Waals surface area contributed by atoms with E-state index in [1.54, 1.807) is 11.8 Å². The molecule has 2 aromatic carbocycles. The van der Waals surface area contributed by atoms with Crippen LogP contribution in [0.5, 0.6) is 0 Å². The Morgan fingerprint density at radius 2 is 2.08 bits per heavy atom. The van der Waals surface area contributed by atoms with Crippen molar-refractivity contribution in [3.05, 3.63) is 53.6 Å². The highest BCUT2D eigenvalue weighted by Crippen LogP contribution is 2.34. The van der Waals surface area contributed by atoms with Crippen molar-refractivity contribution >= 4 is 34.3 Å². The standard InChI is InChI=1S/C19H19N3OS/c1-2-22-11-10-17(23)14-7-5-6-13(18(14)22)12-24-19-20-15-8-3-4-9-16(15)21-19/h3-9H,2,10-12H2,1H3,(H,20,21). The molecule has 3 aromatic rings. The number of aromatic nitrogens is 2. The number of hydrogen-bond donors (Lipinski definition) is 1. The van der Waals surface area contributed by atoms with E-state index in [1.165, 1.54) is 5.56 Å². The molecule has 1 aliphatic heterocycles. The van der Waals surface area contributed by atoms with Crippen LogP contribution in [-0.2, 0) is 5.75 Å². The fraction of sp³-hybridized carbons (Fsp3) is 0.263. The summed E-state index contributed by atoms with van der Waals surface area (Å²) in [4.78, 5) is 22.5. The molecule has 5 heteroatoms. The Morgan fingerprint density at radius 1 is 1.21 bits per heavy atom. The third-order valence-electron chi connectivity index (χ3n) is 4.46. The van der Waals surface area contributed by atoms with Crippen LogP contribution in [0.2, 0.25) is 0 Å². The van der Waals surface area contributed by atoms with E-state index in [9.17, 15) is 4.79 Å². The maximum Gasteiger partial charge on any atom is 0.166 e. The predicted octanol–water partition coefficient (Wildman–Crippen LogP) is 4.27. The Hall–Kier alpha value is -2.27. The number of hydrogen-bond acceptors (Lipinski definition) is 4. The molecule has 2 heterocycles. The third-order valence-corrected chi connectivity index (χ3v) is 5.38. The van der Waals surface area contributed by atoms with Crippen molar-refractivity contribution in [2.45, 2.75) is 24.3 Å². The lowest BCUT2D eigenvalue weighted by Crippen LogP contribution is -2.32. The number of para-hydroxylation sites is 3. The van der Waals surface area contributed by atoms with Gasteiger partial charge in [-0.15, -0.1) is 0 Å². The number of anilines is 1. The highest BCUT2D eigenvalue weighted by Gasteiger charge is 2.24. The molecule has 4 rings (SSSR count). The van der Waals surface area contributed by atoms with Gasteiger partial charge in [-0.3, -0.25) is 4.79 Å². The van der Waals surface area contributed by atoms with Gasteiger partial charge in [0.2, 0.25) is 0 Å². The molecule has 0 saturated carbocycles. The predicted molar refractivity (Wildman–Crippen MR) is 98.9 cm³/mol. The zero-order valence-electron chi connectivity index (χ0n) is 13.6. The average Bonchev–Trinajstić information content (AvgIpc) is 3.03. The number of ketones is 1. The summed E-state index contributed by atoms with van der Waals surface area (Å²) in [6, 6.07) is 14.1. The summed E-state index contributed by atoms with van der Waals surface area (Å²) in [6.07, 6.45) is 0.612. The highest BCUT2D eigenvalue weighted by molar-refractivity contribution is 7.98. The molecule has 0 aliphatic carbocycles. The van der Waals surface area contributed by atoms with Crippen LogP contribution >= 0.6 is 11.8 Å². The Labute approximate surface area is 145 Å². The number of benzene rings is 2. The van der Waals surface area contributed by atoms with Crippen LogP contribution in [0.25, 0.3) is 11.0 Å². The van der Waals surface area contributed by atoms with Crippen LogP contribution < -0.4 is 4.90 Å². The van der Waals surface area contributed by atoms with Crippen molar-refractivity contribution in [1.29, 1.82) is 0 Å². The molecule has 122 valence electrons. The summed E-state index contributed by atoms with van der Waals surface area (Å²) in [5.74, 6) is 1.05. The summed E-state index contributed by atoms with van der Waals surface area (Å²) in [6.45, 7) is 3.88. The summed E-state index contributed by atoms with van der Waals surface area (Å²) in [5.41, 5.74) is 5.22. The number of carbonyl (C=O) groups is 1. The van der Waals surface area contributed by atoms with Gasteiger partial charge in [-0.05, 0) is 30.7 Å². The first kappa shape index (κ1) is 15.3. The number of rotatable bonds is 4. The molecule has 0 fully saturated rings. The van der Waals surface area contributed by atoms with E-state index in [0.29, 0.717) is 6.42 Å². The normalized spacial score (nSPS) is 14.2. The minimum absolute atomic E-state index is 0.255. The van der Waals surface area contributed by atoms with Gasteiger partial charge in [-0.1, -0.05) is 36.0 Å². The number of aromatic amines is 1. The van der Waals surface area contributed by atoms with Gasteiger partial charge in [-0.25, -0.2) is 4.98 Å². The van der Waals surface area contributed by atoms with Crippen molar-refractivity contribution in [3.63, 3.8) is 0 Å².